The number of piperazine rings is 1. The third kappa shape index (κ3) is 10.3. The molecule has 22 heteroatoms. The molecule has 85 heavy (non-hydrogen) atoms. The van der Waals surface area contributed by atoms with Crippen molar-refractivity contribution in [2.45, 2.75) is 145 Å². The second kappa shape index (κ2) is 22.2. The monoisotopic (exact) mass is 1160 g/mol. The lowest BCUT2D eigenvalue weighted by Crippen LogP contribution is -2.57. The molecule has 13 rings (SSSR count). The molecule has 0 spiro atoms. The van der Waals surface area contributed by atoms with Gasteiger partial charge in [0.15, 0.2) is 5.82 Å². The Hall–Kier alpha value is -7.90. The van der Waals surface area contributed by atoms with Crippen LogP contribution < -0.4 is 25.4 Å². The number of rotatable bonds is 11. The van der Waals surface area contributed by atoms with Gasteiger partial charge in [0.2, 0.25) is 11.8 Å². The number of terminal acetylenes is 1. The van der Waals surface area contributed by atoms with Crippen LogP contribution in [0.3, 0.4) is 0 Å². The number of nitrogens with one attached hydrogen (secondary N) is 1. The predicted molar refractivity (Wildman–Crippen MR) is 312 cm³/mol. The fourth-order valence-corrected chi connectivity index (χ4v) is 14.8. The average Bonchev–Trinajstić information content (AvgIpc) is 2.23. The highest BCUT2D eigenvalue weighted by Gasteiger charge is 2.51. The van der Waals surface area contributed by atoms with Gasteiger partial charge < -0.3 is 28.7 Å². The van der Waals surface area contributed by atoms with Gasteiger partial charge in [-0.05, 0) is 122 Å². The average molecular weight is 1160 g/mol. The van der Waals surface area contributed by atoms with Gasteiger partial charge in [0, 0.05) is 82.0 Å². The first kappa shape index (κ1) is 56.2. The summed E-state index contributed by atoms with van der Waals surface area (Å²) < 4.78 is 60.9. The maximum atomic E-state index is 17.5. The topological polar surface area (TPSA) is 199 Å². The molecule has 7 aliphatic rings. The molecule has 3 unspecified atom stereocenters. The van der Waals surface area contributed by atoms with E-state index in [0.29, 0.717) is 76.5 Å². The van der Waals surface area contributed by atoms with Gasteiger partial charge in [-0.25, -0.2) is 23.2 Å². The molecular formula is C63H71F2N11O9. The number of hydrogen-bond donors (Lipinski definition) is 1. The molecule has 4 amide bonds. The number of para-hydroxylation sites is 1. The summed E-state index contributed by atoms with van der Waals surface area (Å²) >= 11 is 0. The van der Waals surface area contributed by atoms with E-state index >= 15 is 8.78 Å². The normalized spacial score (nSPS) is 24.3. The first-order valence-corrected chi connectivity index (χ1v) is 30.0. The summed E-state index contributed by atoms with van der Waals surface area (Å²) in [7, 11) is 1.68. The highest BCUT2D eigenvalue weighted by Crippen LogP contribution is 2.44. The predicted octanol–water partition coefficient (Wildman–Crippen LogP) is 7.84. The number of benzene rings is 3. The Labute approximate surface area is 490 Å². The minimum Gasteiger partial charge on any atom is -0.488 e. The summed E-state index contributed by atoms with van der Waals surface area (Å²) in [5, 5.41) is 3.73. The molecule has 0 radical (unpaired) electrons. The molecule has 10 heterocycles. The number of nitrogens with zero attached hydrogens (tertiary/aromatic N) is 10. The number of ether oxygens (including phenoxy) is 4. The van der Waals surface area contributed by atoms with Gasteiger partial charge in [-0.3, -0.25) is 43.7 Å². The summed E-state index contributed by atoms with van der Waals surface area (Å²) in [4.78, 5) is 90.4. The van der Waals surface area contributed by atoms with E-state index in [2.05, 4.69) is 30.9 Å². The molecule has 446 valence electrons. The number of halogens is 2. The lowest BCUT2D eigenvalue weighted by Gasteiger charge is -2.42. The second-order valence-corrected chi connectivity index (χ2v) is 25.1. The number of piperidine rings is 3. The first-order chi connectivity index (χ1) is 41.0. The number of imidazole rings is 1. The van der Waals surface area contributed by atoms with E-state index in [0.717, 1.165) is 83.8 Å². The lowest BCUT2D eigenvalue weighted by molar-refractivity contribution is -0.135. The van der Waals surface area contributed by atoms with Crippen molar-refractivity contribution in [1.29, 1.82) is 0 Å². The Kier molecular flexibility index (Phi) is 14.7. The van der Waals surface area contributed by atoms with Gasteiger partial charge in [0.1, 0.15) is 65.1 Å². The highest BCUT2D eigenvalue weighted by molar-refractivity contribution is 6.02. The molecule has 7 aliphatic heterocycles. The Bertz CT molecular complexity index is 3750. The van der Waals surface area contributed by atoms with Crippen LogP contribution in [-0.2, 0) is 26.1 Å². The van der Waals surface area contributed by atoms with E-state index in [4.69, 9.17) is 35.3 Å². The highest BCUT2D eigenvalue weighted by atomic mass is 19.1. The number of carbonyl (C=O) groups excluding carboxylic acids is 4. The number of aryl methyl sites for hydroxylation is 1. The fraction of sp³-hybridized carbons (Fsp3) is 0.524. The molecule has 6 aromatic rings. The molecule has 7 fully saturated rings. The number of hydrogen-bond acceptors (Lipinski definition) is 15. The van der Waals surface area contributed by atoms with E-state index < -0.39 is 29.2 Å². The van der Waals surface area contributed by atoms with Crippen molar-refractivity contribution in [3.63, 3.8) is 0 Å². The van der Waals surface area contributed by atoms with Gasteiger partial charge in [-0.15, -0.1) is 6.42 Å². The van der Waals surface area contributed by atoms with Crippen molar-refractivity contribution in [2.75, 3.05) is 63.9 Å². The summed E-state index contributed by atoms with van der Waals surface area (Å²) in [5.41, 5.74) is 0.0994. The van der Waals surface area contributed by atoms with E-state index in [1.807, 2.05) is 48.8 Å². The van der Waals surface area contributed by atoms with Crippen LogP contribution in [0.5, 0.6) is 11.8 Å². The van der Waals surface area contributed by atoms with E-state index in [-0.39, 0.29) is 102 Å². The van der Waals surface area contributed by atoms with E-state index in [1.165, 1.54) is 15.2 Å². The number of pyridine rings is 1. The summed E-state index contributed by atoms with van der Waals surface area (Å²) in [5.74, 6) is 1.34. The quantitative estimate of drug-likeness (QED) is 0.0971. The molecule has 20 nitrogen and oxygen atoms in total. The largest absolute Gasteiger partial charge is 0.488 e. The Morgan fingerprint density at radius 2 is 1.62 bits per heavy atom. The zero-order valence-electron chi connectivity index (χ0n) is 48.5. The number of amides is 4. The summed E-state index contributed by atoms with van der Waals surface area (Å²) in [6.45, 7) is 10.5. The number of carbonyl (C=O) groups is 4. The maximum absolute atomic E-state index is 17.5. The van der Waals surface area contributed by atoms with Crippen molar-refractivity contribution in [2.24, 2.45) is 7.05 Å². The maximum Gasteiger partial charge on any atom is 0.410 e. The number of likely N-dealkylation sites (tertiary alicyclic amines) is 2. The minimum absolute atomic E-state index is 0.00520. The molecule has 3 aromatic carbocycles. The van der Waals surface area contributed by atoms with Crippen molar-refractivity contribution in [3.05, 3.63) is 82.4 Å². The smallest absolute Gasteiger partial charge is 0.410 e. The Morgan fingerprint density at radius 1 is 0.859 bits per heavy atom. The fourth-order valence-electron chi connectivity index (χ4n) is 14.8. The van der Waals surface area contributed by atoms with Crippen molar-refractivity contribution in [3.8, 4) is 35.4 Å². The van der Waals surface area contributed by atoms with Gasteiger partial charge in [0.05, 0.1) is 34.1 Å². The summed E-state index contributed by atoms with van der Waals surface area (Å²) in [6, 6.07) is 12.8. The van der Waals surface area contributed by atoms with E-state index in [1.54, 1.807) is 37.5 Å². The van der Waals surface area contributed by atoms with Crippen molar-refractivity contribution in [1.82, 2.24) is 49.0 Å². The third-order valence-electron chi connectivity index (χ3n) is 18.9. The van der Waals surface area contributed by atoms with Gasteiger partial charge in [-0.2, -0.15) is 9.97 Å². The number of imide groups is 1. The standard InChI is InChI=1S/C63H71F2N11O9/c1-6-43-46(64)17-14-37-10-7-11-44(51(37)43)53-52(65)54-45(32-66-53)56(73-33-39-15-16-40(34-73)75(39)61(81)85-62(2,3)4)69-58(68-54)83-36-63-25-9-27-74(63)41(20-26-63)35-82-60(80)72-28-21-38(22-29-72)71-30-23-42(24-31-71)84-49-13-8-12-47-55(49)70(5)59(79)76(47)48-18-19-50(77)67-57(48)78/h1,7-8,10-14,17,32,38-42,48H,9,15-16,18-31,33-36H2,2-5H3,(H,67,77,78)/t39?,40?,41-,48?,63-/m0/s1. The molecule has 0 aliphatic carbocycles. The molecule has 2 bridgehead atoms. The number of aromatic nitrogens is 5. The van der Waals surface area contributed by atoms with E-state index in [9.17, 15) is 24.0 Å². The third-order valence-corrected chi connectivity index (χ3v) is 18.9. The number of fused-ring (bicyclic) bond motifs is 6. The minimum atomic E-state index is -0.776. The lowest BCUT2D eigenvalue weighted by atomic mass is 9.95. The van der Waals surface area contributed by atoms with Crippen molar-refractivity contribution < 1.29 is 46.9 Å². The number of anilines is 1. The molecule has 1 N–H and O–H groups in total. The van der Waals surface area contributed by atoms with Crippen LogP contribution >= 0.6 is 0 Å². The van der Waals surface area contributed by atoms with Gasteiger partial charge >= 0.3 is 23.9 Å². The first-order valence-electron chi connectivity index (χ1n) is 30.0. The Balaban J connectivity index is 0.652. The zero-order valence-corrected chi connectivity index (χ0v) is 48.5. The Morgan fingerprint density at radius 3 is 2.36 bits per heavy atom. The van der Waals surface area contributed by atoms with Gasteiger partial charge in [0.25, 0.3) is 0 Å². The molecule has 0 saturated carbocycles. The molecule has 5 atom stereocenters. The van der Waals surface area contributed by atoms with Crippen LogP contribution in [0.15, 0.2) is 59.5 Å². The van der Waals surface area contributed by atoms with Gasteiger partial charge in [-0.1, -0.05) is 36.3 Å². The van der Waals surface area contributed by atoms with Crippen LogP contribution in [-0.4, -0.2) is 168 Å². The molecular weight excluding hydrogens is 1090 g/mol. The van der Waals surface area contributed by atoms with Crippen LogP contribution in [0.1, 0.15) is 109 Å². The molecule has 7 saturated heterocycles. The SMILES string of the molecule is C#Cc1c(F)ccc2cccc(-c3ncc4c(N5CC6CCC(C5)N6C(=O)OC(C)(C)C)nc(OC[C@@]56CCCN5[C@H](COC(=O)N5CCC(N7CCC(Oc8cccc9c8n(C)c(=O)n9C8CCC(=O)NC8=O)CC7)CC5)CC6)nc4c3F)c12. The molecule has 3 aromatic heterocycles. The van der Waals surface area contributed by atoms with Crippen LogP contribution in [0.4, 0.5) is 24.2 Å². The van der Waals surface area contributed by atoms with Crippen LogP contribution in [0.25, 0.3) is 44.0 Å². The van der Waals surface area contributed by atoms with Crippen LogP contribution in [0.2, 0.25) is 0 Å². The summed E-state index contributed by atoms with van der Waals surface area (Å²) in [6.07, 6.45) is 15.2. The van der Waals surface area contributed by atoms with Crippen LogP contribution in [0, 0.1) is 24.0 Å². The zero-order chi connectivity index (χ0) is 59.1. The van der Waals surface area contributed by atoms with Crippen molar-refractivity contribution >= 4 is 62.5 Å². The second-order valence-electron chi connectivity index (χ2n) is 25.1.